The number of phosphoric acid groups is 2. The van der Waals surface area contributed by atoms with Gasteiger partial charge in [0.05, 0.1) is 26.4 Å². The lowest BCUT2D eigenvalue weighted by molar-refractivity contribution is -0.161. The van der Waals surface area contributed by atoms with Crippen LogP contribution < -0.4 is 0 Å². The summed E-state index contributed by atoms with van der Waals surface area (Å²) in [5, 5.41) is 10.7. The van der Waals surface area contributed by atoms with Gasteiger partial charge >= 0.3 is 39.5 Å². The first-order valence-corrected chi connectivity index (χ1v) is 47.0. The van der Waals surface area contributed by atoms with E-state index in [9.17, 15) is 43.2 Å². The van der Waals surface area contributed by atoms with Gasteiger partial charge in [-0.1, -0.05) is 401 Å². The maximum absolute atomic E-state index is 13.1. The molecule has 104 heavy (non-hydrogen) atoms. The summed E-state index contributed by atoms with van der Waals surface area (Å²) in [7, 11) is -9.92. The molecule has 0 heterocycles. The van der Waals surface area contributed by atoms with Crippen molar-refractivity contribution in [2.45, 2.75) is 471 Å². The summed E-state index contributed by atoms with van der Waals surface area (Å²) in [4.78, 5) is 73.2. The number of unbranched alkanes of at least 4 members (excludes halogenated alkanes) is 53. The summed E-state index contributed by atoms with van der Waals surface area (Å²) < 4.78 is 68.8. The molecule has 0 aliphatic carbocycles. The van der Waals surface area contributed by atoms with Crippen LogP contribution in [0.15, 0.2) is 0 Å². The van der Waals surface area contributed by atoms with Crippen molar-refractivity contribution < 1.29 is 80.2 Å². The second kappa shape index (κ2) is 76.4. The smallest absolute Gasteiger partial charge is 0.462 e. The maximum Gasteiger partial charge on any atom is 0.472 e. The third-order valence-electron chi connectivity index (χ3n) is 20.3. The fourth-order valence-electron chi connectivity index (χ4n) is 13.2. The largest absolute Gasteiger partial charge is 0.472 e. The normalized spacial score (nSPS) is 14.1. The first kappa shape index (κ1) is 102. The molecule has 0 saturated heterocycles. The Morgan fingerprint density at radius 2 is 0.490 bits per heavy atom. The van der Waals surface area contributed by atoms with E-state index in [-0.39, 0.29) is 25.7 Å². The number of hydrogen-bond acceptors (Lipinski definition) is 15. The van der Waals surface area contributed by atoms with Crippen LogP contribution in [-0.2, 0) is 65.4 Å². The van der Waals surface area contributed by atoms with E-state index >= 15 is 0 Å². The second-order valence-electron chi connectivity index (χ2n) is 31.3. The van der Waals surface area contributed by atoms with E-state index < -0.39 is 97.5 Å². The Hall–Kier alpha value is -1.94. The minimum absolute atomic E-state index is 0.106. The van der Waals surface area contributed by atoms with Gasteiger partial charge in [0.15, 0.2) is 12.2 Å². The average Bonchev–Trinajstić information content (AvgIpc) is 0.904. The lowest BCUT2D eigenvalue weighted by Crippen LogP contribution is -2.30. The van der Waals surface area contributed by atoms with Gasteiger partial charge in [0.1, 0.15) is 19.3 Å². The fraction of sp³-hybridized carbons (Fsp3) is 0.953. The number of carbonyl (C=O) groups is 4. The van der Waals surface area contributed by atoms with Crippen molar-refractivity contribution in [3.8, 4) is 0 Å². The van der Waals surface area contributed by atoms with E-state index in [2.05, 4.69) is 41.5 Å². The zero-order chi connectivity index (χ0) is 76.4. The van der Waals surface area contributed by atoms with Gasteiger partial charge in [-0.2, -0.15) is 0 Å². The fourth-order valence-corrected chi connectivity index (χ4v) is 14.8. The molecule has 0 amide bonds. The highest BCUT2D eigenvalue weighted by molar-refractivity contribution is 7.47. The summed E-state index contributed by atoms with van der Waals surface area (Å²) in [5.74, 6) is -0.502. The SMILES string of the molecule is CCCCCCCCCCCCCCCCCCCCCCCCC(=O)O[C@H](COC(=O)CCCCCCCCCCCCCCCCC(C)CC)COP(=O)(O)OC[C@@H](O)COP(=O)(O)OC[C@@H](COC(=O)CCCCCCCCCCCCC)OC(=O)CCCCCCCCCCCCC(C)C. The highest BCUT2D eigenvalue weighted by atomic mass is 31.2. The summed E-state index contributed by atoms with van der Waals surface area (Å²) >= 11 is 0. The van der Waals surface area contributed by atoms with Crippen LogP contribution in [0.3, 0.4) is 0 Å². The lowest BCUT2D eigenvalue weighted by Gasteiger charge is -2.21. The van der Waals surface area contributed by atoms with Gasteiger partial charge in [0.2, 0.25) is 0 Å². The van der Waals surface area contributed by atoms with Crippen LogP contribution >= 0.6 is 15.6 Å². The van der Waals surface area contributed by atoms with E-state index in [1.54, 1.807) is 0 Å². The molecule has 19 heteroatoms. The molecule has 0 spiro atoms. The molecular formula is C85H166O17P2. The van der Waals surface area contributed by atoms with Gasteiger partial charge < -0.3 is 33.8 Å². The Kier molecular flexibility index (Phi) is 75.0. The van der Waals surface area contributed by atoms with Crippen molar-refractivity contribution >= 4 is 39.5 Å². The Balaban J connectivity index is 5.22. The van der Waals surface area contributed by atoms with Crippen LogP contribution in [0.25, 0.3) is 0 Å². The molecule has 0 aliphatic heterocycles. The van der Waals surface area contributed by atoms with Gasteiger partial charge in [-0.15, -0.1) is 0 Å². The van der Waals surface area contributed by atoms with Crippen molar-refractivity contribution in [2.75, 3.05) is 39.6 Å². The molecular weight excluding hydrogens is 1350 g/mol. The lowest BCUT2D eigenvalue weighted by atomic mass is 9.99. The number of carbonyl (C=O) groups excluding carboxylic acids is 4. The van der Waals surface area contributed by atoms with E-state index in [1.807, 2.05) is 0 Å². The number of phosphoric ester groups is 2. The molecule has 0 aromatic carbocycles. The van der Waals surface area contributed by atoms with Gasteiger partial charge in [-0.3, -0.25) is 37.3 Å². The number of aliphatic hydroxyl groups is 1. The molecule has 6 atom stereocenters. The Morgan fingerprint density at radius 3 is 0.731 bits per heavy atom. The third kappa shape index (κ3) is 76.8. The third-order valence-corrected chi connectivity index (χ3v) is 22.2. The highest BCUT2D eigenvalue weighted by Crippen LogP contribution is 2.45. The molecule has 0 fully saturated rings. The molecule has 0 bridgehead atoms. The summed E-state index contributed by atoms with van der Waals surface area (Å²) in [6.45, 7) is 9.70. The van der Waals surface area contributed by atoms with Crippen molar-refractivity contribution in [3.05, 3.63) is 0 Å². The number of aliphatic hydroxyl groups excluding tert-OH is 1. The number of ether oxygens (including phenoxy) is 4. The van der Waals surface area contributed by atoms with Crippen LogP contribution in [0, 0.1) is 11.8 Å². The predicted octanol–water partition coefficient (Wildman–Crippen LogP) is 25.8. The van der Waals surface area contributed by atoms with E-state index in [0.29, 0.717) is 25.7 Å². The van der Waals surface area contributed by atoms with Crippen LogP contribution in [0.5, 0.6) is 0 Å². The first-order valence-electron chi connectivity index (χ1n) is 44.0. The summed E-state index contributed by atoms with van der Waals surface area (Å²) in [5.41, 5.74) is 0. The zero-order valence-electron chi connectivity index (χ0n) is 68.3. The molecule has 0 radical (unpaired) electrons. The van der Waals surface area contributed by atoms with Crippen molar-refractivity contribution in [1.29, 1.82) is 0 Å². The van der Waals surface area contributed by atoms with Gasteiger partial charge in [0.25, 0.3) is 0 Å². The van der Waals surface area contributed by atoms with Gasteiger partial charge in [-0.25, -0.2) is 9.13 Å². The Morgan fingerprint density at radius 1 is 0.279 bits per heavy atom. The van der Waals surface area contributed by atoms with Crippen LogP contribution in [-0.4, -0.2) is 96.7 Å². The minimum Gasteiger partial charge on any atom is -0.462 e. The summed E-state index contributed by atoms with van der Waals surface area (Å²) in [6.07, 6.45) is 68.0. The van der Waals surface area contributed by atoms with E-state index in [4.69, 9.17) is 37.0 Å². The number of esters is 4. The molecule has 0 aromatic heterocycles. The Bertz CT molecular complexity index is 2000. The standard InChI is InChI=1S/C85H166O17P2/c1-7-10-12-14-16-18-20-21-22-23-24-25-26-27-28-29-34-38-45-51-57-63-69-84(89)101-80(74-96-83(88)68-62-56-50-44-37-33-31-30-32-36-42-48-54-60-66-78(6)9-3)75-99-103(91,92)97-71-79(86)72-98-104(93,94)100-76-81(73-95-82(87)67-61-55-49-43-35-19-17-15-13-11-8-2)102-85(90)70-64-58-52-46-40-39-41-47-53-59-65-77(4)5/h77-81,86H,7-76H2,1-6H3,(H,91,92)(H,93,94)/t78?,79-,80-,81-/m1/s1. The molecule has 17 nitrogen and oxygen atoms in total. The molecule has 0 rings (SSSR count). The molecule has 618 valence electrons. The van der Waals surface area contributed by atoms with Gasteiger partial charge in [-0.05, 0) is 37.5 Å². The Labute approximate surface area is 638 Å². The molecule has 0 aliphatic rings. The van der Waals surface area contributed by atoms with Crippen LogP contribution in [0.1, 0.15) is 452 Å². The second-order valence-corrected chi connectivity index (χ2v) is 34.2. The minimum atomic E-state index is -4.97. The predicted molar refractivity (Wildman–Crippen MR) is 428 cm³/mol. The number of rotatable bonds is 84. The van der Waals surface area contributed by atoms with Crippen LogP contribution in [0.2, 0.25) is 0 Å². The van der Waals surface area contributed by atoms with Gasteiger partial charge in [0, 0.05) is 25.7 Å². The molecule has 0 aromatic rings. The summed E-state index contributed by atoms with van der Waals surface area (Å²) in [6, 6.07) is 0. The zero-order valence-corrected chi connectivity index (χ0v) is 70.1. The molecule has 3 unspecified atom stereocenters. The quantitative estimate of drug-likeness (QED) is 0.0222. The van der Waals surface area contributed by atoms with Crippen molar-refractivity contribution in [3.63, 3.8) is 0 Å². The number of hydrogen-bond donors (Lipinski definition) is 3. The maximum atomic E-state index is 13.1. The van der Waals surface area contributed by atoms with Crippen molar-refractivity contribution in [2.24, 2.45) is 11.8 Å². The topological polar surface area (TPSA) is 237 Å². The average molecular weight is 1520 g/mol. The van der Waals surface area contributed by atoms with Crippen molar-refractivity contribution in [1.82, 2.24) is 0 Å². The first-order chi connectivity index (χ1) is 50.4. The highest BCUT2D eigenvalue weighted by Gasteiger charge is 2.30. The monoisotopic (exact) mass is 1520 g/mol. The van der Waals surface area contributed by atoms with E-state index in [1.165, 1.54) is 270 Å². The molecule has 0 saturated carbocycles. The van der Waals surface area contributed by atoms with Crippen LogP contribution in [0.4, 0.5) is 0 Å². The molecule has 3 N–H and O–H groups in total. The van der Waals surface area contributed by atoms with E-state index in [0.717, 1.165) is 102 Å².